The van der Waals surface area contributed by atoms with Crippen molar-refractivity contribution in [3.8, 4) is 5.75 Å². The average molecular weight is 352 g/mol. The smallest absolute Gasteiger partial charge is 0.248 e. The Balaban J connectivity index is 1.68. The number of fused-ring (bicyclic) bond motifs is 1. The molecule has 2 aromatic carbocycles. The summed E-state index contributed by atoms with van der Waals surface area (Å²) in [6, 6.07) is 15.4. The maximum atomic E-state index is 12.2. The van der Waals surface area contributed by atoms with Gasteiger partial charge in [-0.25, -0.2) is 4.98 Å². The molecule has 0 atom stereocenters. The standard InChI is InChI=1S/C20H20N2O2S/c1-14(2)13-24-17-9-5-3-7-15(17)21-19(23)11-12-20-22-16-8-4-6-10-18(16)25-20/h3-12,14H,13H2,1-2H3,(H,21,23). The van der Waals surface area contributed by atoms with Gasteiger partial charge in [0.05, 0.1) is 22.5 Å². The molecular weight excluding hydrogens is 332 g/mol. The van der Waals surface area contributed by atoms with Crippen molar-refractivity contribution in [3.05, 3.63) is 59.6 Å². The second-order valence-corrected chi connectivity index (χ2v) is 7.11. The minimum absolute atomic E-state index is 0.208. The molecule has 0 unspecified atom stereocenters. The summed E-state index contributed by atoms with van der Waals surface area (Å²) in [5, 5.41) is 3.67. The molecule has 0 radical (unpaired) electrons. The molecule has 3 rings (SSSR count). The molecular formula is C20H20N2O2S. The Labute approximate surface area is 151 Å². The topological polar surface area (TPSA) is 51.2 Å². The number of hydrogen-bond acceptors (Lipinski definition) is 4. The predicted octanol–water partition coefficient (Wildman–Crippen LogP) is 4.98. The van der Waals surface area contributed by atoms with Crippen molar-refractivity contribution in [1.29, 1.82) is 0 Å². The first kappa shape index (κ1) is 17.2. The third kappa shape index (κ3) is 4.67. The second kappa shape index (κ2) is 7.94. The fraction of sp³-hybridized carbons (Fsp3) is 0.200. The second-order valence-electron chi connectivity index (χ2n) is 6.04. The van der Waals surface area contributed by atoms with Crippen LogP contribution in [0.3, 0.4) is 0 Å². The van der Waals surface area contributed by atoms with Crippen LogP contribution in [0.25, 0.3) is 16.3 Å². The van der Waals surface area contributed by atoms with Gasteiger partial charge < -0.3 is 10.1 Å². The van der Waals surface area contributed by atoms with Gasteiger partial charge in [0, 0.05) is 6.08 Å². The zero-order valence-electron chi connectivity index (χ0n) is 14.2. The highest BCUT2D eigenvalue weighted by Gasteiger charge is 2.07. The van der Waals surface area contributed by atoms with E-state index in [2.05, 4.69) is 24.1 Å². The van der Waals surface area contributed by atoms with Crippen molar-refractivity contribution < 1.29 is 9.53 Å². The van der Waals surface area contributed by atoms with Gasteiger partial charge in [-0.05, 0) is 36.3 Å². The predicted molar refractivity (Wildman–Crippen MR) is 104 cm³/mol. The van der Waals surface area contributed by atoms with Crippen LogP contribution in [0.4, 0.5) is 5.69 Å². The van der Waals surface area contributed by atoms with Crippen LogP contribution in [-0.2, 0) is 4.79 Å². The molecule has 1 heterocycles. The van der Waals surface area contributed by atoms with Gasteiger partial charge in [-0.15, -0.1) is 11.3 Å². The van der Waals surface area contributed by atoms with Gasteiger partial charge in [-0.1, -0.05) is 38.1 Å². The molecule has 0 bridgehead atoms. The van der Waals surface area contributed by atoms with Crippen LogP contribution in [0.2, 0.25) is 0 Å². The van der Waals surface area contributed by atoms with Crippen molar-refractivity contribution in [2.75, 3.05) is 11.9 Å². The molecule has 0 aliphatic carbocycles. The van der Waals surface area contributed by atoms with Crippen LogP contribution in [0.15, 0.2) is 54.6 Å². The number of carbonyl (C=O) groups excluding carboxylic acids is 1. The number of anilines is 1. The number of benzene rings is 2. The first-order chi connectivity index (χ1) is 12.1. The van der Waals surface area contributed by atoms with Crippen molar-refractivity contribution in [2.24, 2.45) is 5.92 Å². The van der Waals surface area contributed by atoms with Crippen LogP contribution >= 0.6 is 11.3 Å². The average Bonchev–Trinajstić information content (AvgIpc) is 3.02. The van der Waals surface area contributed by atoms with E-state index in [-0.39, 0.29) is 5.91 Å². The van der Waals surface area contributed by atoms with Crippen LogP contribution in [-0.4, -0.2) is 17.5 Å². The Bertz CT molecular complexity index is 866. The van der Waals surface area contributed by atoms with Gasteiger partial charge in [0.25, 0.3) is 0 Å². The molecule has 5 heteroatoms. The minimum Gasteiger partial charge on any atom is -0.491 e. The number of aromatic nitrogens is 1. The normalized spacial score (nSPS) is 11.3. The number of carbonyl (C=O) groups is 1. The third-order valence-electron chi connectivity index (χ3n) is 3.40. The lowest BCUT2D eigenvalue weighted by Crippen LogP contribution is -2.11. The molecule has 25 heavy (non-hydrogen) atoms. The fourth-order valence-corrected chi connectivity index (χ4v) is 3.11. The zero-order valence-corrected chi connectivity index (χ0v) is 15.0. The highest BCUT2D eigenvalue weighted by Crippen LogP contribution is 2.25. The number of nitrogens with zero attached hydrogens (tertiary/aromatic N) is 1. The maximum absolute atomic E-state index is 12.2. The van der Waals surface area contributed by atoms with Crippen molar-refractivity contribution >= 4 is 39.2 Å². The maximum Gasteiger partial charge on any atom is 0.248 e. The van der Waals surface area contributed by atoms with Crippen molar-refractivity contribution in [1.82, 2.24) is 4.98 Å². The highest BCUT2D eigenvalue weighted by atomic mass is 32.1. The van der Waals surface area contributed by atoms with Gasteiger partial charge in [-0.2, -0.15) is 0 Å². The summed E-state index contributed by atoms with van der Waals surface area (Å²) in [7, 11) is 0. The Morgan fingerprint density at radius 1 is 1.20 bits per heavy atom. The quantitative estimate of drug-likeness (QED) is 0.636. The van der Waals surface area contributed by atoms with Gasteiger partial charge in [-0.3, -0.25) is 4.79 Å². The summed E-state index contributed by atoms with van der Waals surface area (Å²) in [6.45, 7) is 4.78. The molecule has 1 amide bonds. The molecule has 0 fully saturated rings. The first-order valence-electron chi connectivity index (χ1n) is 8.18. The SMILES string of the molecule is CC(C)COc1ccccc1NC(=O)C=Cc1nc2ccccc2s1. The Hall–Kier alpha value is -2.66. The number of thiazole rings is 1. The number of hydrogen-bond donors (Lipinski definition) is 1. The van der Waals surface area contributed by atoms with Crippen molar-refractivity contribution in [2.45, 2.75) is 13.8 Å². The number of ether oxygens (including phenoxy) is 1. The van der Waals surface area contributed by atoms with Gasteiger partial charge in [0.15, 0.2) is 0 Å². The summed E-state index contributed by atoms with van der Waals surface area (Å²) in [5.41, 5.74) is 1.61. The monoisotopic (exact) mass is 352 g/mol. The summed E-state index contributed by atoms with van der Waals surface area (Å²) in [6.07, 6.45) is 3.23. The molecule has 0 saturated carbocycles. The van der Waals surface area contributed by atoms with Gasteiger partial charge in [0.2, 0.25) is 5.91 Å². The first-order valence-corrected chi connectivity index (χ1v) is 9.00. The lowest BCUT2D eigenvalue weighted by molar-refractivity contribution is -0.111. The summed E-state index contributed by atoms with van der Waals surface area (Å²) < 4.78 is 6.86. The van der Waals surface area contributed by atoms with E-state index in [1.165, 1.54) is 6.08 Å². The molecule has 128 valence electrons. The van der Waals surface area contributed by atoms with E-state index in [1.54, 1.807) is 17.4 Å². The number of nitrogens with one attached hydrogen (secondary N) is 1. The molecule has 0 aliphatic rings. The van der Waals surface area contributed by atoms with Crippen LogP contribution in [0.5, 0.6) is 5.75 Å². The Morgan fingerprint density at radius 2 is 1.96 bits per heavy atom. The van der Waals surface area contributed by atoms with E-state index in [4.69, 9.17) is 4.74 Å². The lowest BCUT2D eigenvalue weighted by Gasteiger charge is -2.13. The van der Waals surface area contributed by atoms with Crippen LogP contribution < -0.4 is 10.1 Å². The number of para-hydroxylation sites is 3. The summed E-state index contributed by atoms with van der Waals surface area (Å²) >= 11 is 1.56. The number of rotatable bonds is 6. The molecule has 0 saturated heterocycles. The van der Waals surface area contributed by atoms with E-state index in [0.29, 0.717) is 24.0 Å². The summed E-state index contributed by atoms with van der Waals surface area (Å²) in [4.78, 5) is 16.7. The Morgan fingerprint density at radius 3 is 2.76 bits per heavy atom. The molecule has 0 spiro atoms. The van der Waals surface area contributed by atoms with E-state index in [9.17, 15) is 4.79 Å². The number of amides is 1. The zero-order chi connectivity index (χ0) is 17.6. The summed E-state index contributed by atoms with van der Waals surface area (Å²) in [5.74, 6) is 0.889. The van der Waals surface area contributed by atoms with Crippen LogP contribution in [0.1, 0.15) is 18.9 Å². The van der Waals surface area contributed by atoms with E-state index in [1.807, 2.05) is 48.5 Å². The highest BCUT2D eigenvalue weighted by molar-refractivity contribution is 7.19. The Kier molecular flexibility index (Phi) is 5.46. The van der Waals surface area contributed by atoms with Gasteiger partial charge in [0.1, 0.15) is 10.8 Å². The fourth-order valence-electron chi connectivity index (χ4n) is 2.23. The molecule has 1 N–H and O–H groups in total. The van der Waals surface area contributed by atoms with Crippen molar-refractivity contribution in [3.63, 3.8) is 0 Å². The van der Waals surface area contributed by atoms with E-state index in [0.717, 1.165) is 15.2 Å². The minimum atomic E-state index is -0.208. The lowest BCUT2D eigenvalue weighted by atomic mass is 10.2. The third-order valence-corrected chi connectivity index (χ3v) is 4.41. The van der Waals surface area contributed by atoms with Gasteiger partial charge >= 0.3 is 0 Å². The van der Waals surface area contributed by atoms with E-state index < -0.39 is 0 Å². The molecule has 0 aliphatic heterocycles. The molecule has 1 aromatic heterocycles. The molecule has 4 nitrogen and oxygen atoms in total. The van der Waals surface area contributed by atoms with Crippen LogP contribution in [0, 0.1) is 5.92 Å². The largest absolute Gasteiger partial charge is 0.491 e. The van der Waals surface area contributed by atoms with E-state index >= 15 is 0 Å². The molecule has 3 aromatic rings.